The van der Waals surface area contributed by atoms with Crippen molar-refractivity contribution < 1.29 is 33.7 Å². The van der Waals surface area contributed by atoms with Gasteiger partial charge in [0.25, 0.3) is 0 Å². The summed E-state index contributed by atoms with van der Waals surface area (Å²) in [6, 6.07) is 12.3. The van der Waals surface area contributed by atoms with E-state index in [0.29, 0.717) is 42.3 Å². The molecular formula is C28H33N3O7. The Kier molecular flexibility index (Phi) is 7.02. The van der Waals surface area contributed by atoms with Crippen molar-refractivity contribution in [2.45, 2.75) is 50.5 Å². The highest BCUT2D eigenvalue weighted by atomic mass is 16.5. The summed E-state index contributed by atoms with van der Waals surface area (Å²) in [4.78, 5) is 42.5. The molecule has 3 aliphatic rings. The molecule has 3 saturated heterocycles. The fourth-order valence-electron chi connectivity index (χ4n) is 6.16. The number of ether oxygens (including phenoxy) is 3. The SMILES string of the molecule is CCOc1ccc(NC(=O)[C@@H]2[C@@H]3CCC4(O3)C(C(=O)Nc3ccc(OC)cc3)N([C@H](C)CO)C(=O)[C@H]24)cc1. The Balaban J connectivity index is 1.42. The van der Waals surface area contributed by atoms with Crippen LogP contribution in [0.4, 0.5) is 11.4 Å². The highest BCUT2D eigenvalue weighted by Gasteiger charge is 2.74. The number of amides is 3. The molecule has 3 heterocycles. The third-order valence-corrected chi connectivity index (χ3v) is 7.82. The molecule has 3 amide bonds. The molecule has 0 saturated carbocycles. The molecule has 10 nitrogen and oxygen atoms in total. The molecule has 3 N–H and O–H groups in total. The molecule has 3 aliphatic heterocycles. The first kappa shape index (κ1) is 26.0. The summed E-state index contributed by atoms with van der Waals surface area (Å²) in [5.41, 5.74) is -0.0325. The van der Waals surface area contributed by atoms with Crippen LogP contribution in [0.25, 0.3) is 0 Å². The Hall–Kier alpha value is -3.63. The number of fused-ring (bicyclic) bond motifs is 1. The number of likely N-dealkylation sites (tertiary alicyclic amines) is 1. The standard InChI is InChI=1S/C28H33N3O7/c1-4-37-20-11-7-17(8-12-20)29-25(33)22-21-13-14-28(38-21)23(22)27(35)31(16(2)15-32)24(28)26(34)30-18-5-9-19(36-3)10-6-18/h5-12,16,21-24,32H,4,13-15H2,1-3H3,(H,29,33)(H,30,34)/t16-,21+,22-,23+,24?,28?/m1/s1. The second-order valence-electron chi connectivity index (χ2n) is 10.00. The van der Waals surface area contributed by atoms with Crippen LogP contribution < -0.4 is 20.1 Å². The summed E-state index contributed by atoms with van der Waals surface area (Å²) in [6.07, 6.45) is 0.546. The van der Waals surface area contributed by atoms with Crippen LogP contribution in [0, 0.1) is 11.8 Å². The number of anilines is 2. The van der Waals surface area contributed by atoms with Crippen molar-refractivity contribution in [2.75, 3.05) is 31.0 Å². The monoisotopic (exact) mass is 523 g/mol. The Morgan fingerprint density at radius 3 is 2.26 bits per heavy atom. The highest BCUT2D eigenvalue weighted by molar-refractivity contribution is 6.05. The third-order valence-electron chi connectivity index (χ3n) is 7.82. The first-order valence-electron chi connectivity index (χ1n) is 12.9. The fraction of sp³-hybridized carbons (Fsp3) is 0.464. The molecule has 2 unspecified atom stereocenters. The van der Waals surface area contributed by atoms with Crippen LogP contribution in [0.5, 0.6) is 11.5 Å². The lowest BCUT2D eigenvalue weighted by Gasteiger charge is -2.35. The number of carbonyl (C=O) groups is 3. The fourth-order valence-corrected chi connectivity index (χ4v) is 6.16. The maximum absolute atomic E-state index is 13.8. The summed E-state index contributed by atoms with van der Waals surface area (Å²) in [6.45, 7) is 3.79. The van der Waals surface area contributed by atoms with Crippen molar-refractivity contribution >= 4 is 29.1 Å². The van der Waals surface area contributed by atoms with E-state index in [4.69, 9.17) is 14.2 Å². The van der Waals surface area contributed by atoms with Gasteiger partial charge in [-0.2, -0.15) is 0 Å². The number of rotatable bonds is 9. The van der Waals surface area contributed by atoms with Gasteiger partial charge in [-0.25, -0.2) is 0 Å². The lowest BCUT2D eigenvalue weighted by Crippen LogP contribution is -2.55. The molecule has 0 aliphatic carbocycles. The number of aliphatic hydroxyl groups is 1. The Morgan fingerprint density at radius 2 is 1.68 bits per heavy atom. The van der Waals surface area contributed by atoms with Crippen LogP contribution in [-0.4, -0.2) is 71.8 Å². The van der Waals surface area contributed by atoms with Crippen molar-refractivity contribution in [3.05, 3.63) is 48.5 Å². The maximum Gasteiger partial charge on any atom is 0.250 e. The Bertz CT molecular complexity index is 1200. The number of hydrogen-bond donors (Lipinski definition) is 3. The minimum atomic E-state index is -1.15. The average molecular weight is 524 g/mol. The zero-order valence-corrected chi connectivity index (χ0v) is 21.7. The molecule has 3 fully saturated rings. The van der Waals surface area contributed by atoms with Gasteiger partial charge in [-0.3, -0.25) is 14.4 Å². The van der Waals surface area contributed by atoms with E-state index in [2.05, 4.69) is 10.6 Å². The van der Waals surface area contributed by atoms with Gasteiger partial charge in [0.15, 0.2) is 0 Å². The van der Waals surface area contributed by atoms with Gasteiger partial charge in [-0.1, -0.05) is 0 Å². The Labute approximate surface area is 221 Å². The van der Waals surface area contributed by atoms with Gasteiger partial charge in [-0.05, 0) is 75.2 Å². The van der Waals surface area contributed by atoms with Crippen LogP contribution in [0.3, 0.4) is 0 Å². The first-order chi connectivity index (χ1) is 18.3. The summed E-state index contributed by atoms with van der Waals surface area (Å²) < 4.78 is 17.0. The molecule has 2 bridgehead atoms. The van der Waals surface area contributed by atoms with Crippen molar-refractivity contribution in [3.63, 3.8) is 0 Å². The summed E-state index contributed by atoms with van der Waals surface area (Å²) in [7, 11) is 1.56. The van der Waals surface area contributed by atoms with Crippen molar-refractivity contribution in [2.24, 2.45) is 11.8 Å². The predicted octanol–water partition coefficient (Wildman–Crippen LogP) is 2.43. The normalized spacial score (nSPS) is 28.1. The van der Waals surface area contributed by atoms with Crippen molar-refractivity contribution in [1.29, 1.82) is 0 Å². The first-order valence-corrected chi connectivity index (χ1v) is 12.9. The summed E-state index contributed by atoms with van der Waals surface area (Å²) in [5, 5.41) is 15.8. The summed E-state index contributed by atoms with van der Waals surface area (Å²) in [5.74, 6) is -1.34. The Morgan fingerprint density at radius 1 is 1.08 bits per heavy atom. The maximum atomic E-state index is 13.8. The van der Waals surface area contributed by atoms with Gasteiger partial charge in [0, 0.05) is 11.4 Å². The second kappa shape index (κ2) is 10.3. The van der Waals surface area contributed by atoms with E-state index in [9.17, 15) is 19.5 Å². The van der Waals surface area contributed by atoms with Crippen LogP contribution in [0.15, 0.2) is 48.5 Å². The molecule has 0 aromatic heterocycles. The largest absolute Gasteiger partial charge is 0.497 e. The molecule has 0 radical (unpaired) electrons. The number of aliphatic hydroxyl groups excluding tert-OH is 1. The number of nitrogens with one attached hydrogen (secondary N) is 2. The molecule has 2 aromatic carbocycles. The van der Waals surface area contributed by atoms with Crippen LogP contribution in [-0.2, 0) is 19.1 Å². The van der Waals surface area contributed by atoms with Gasteiger partial charge in [0.05, 0.1) is 44.3 Å². The molecule has 38 heavy (non-hydrogen) atoms. The average Bonchev–Trinajstić information content (AvgIpc) is 3.57. The highest BCUT2D eigenvalue weighted by Crippen LogP contribution is 2.59. The number of carbonyl (C=O) groups excluding carboxylic acids is 3. The number of nitrogens with zero attached hydrogens (tertiary/aromatic N) is 1. The van der Waals surface area contributed by atoms with Crippen LogP contribution >= 0.6 is 0 Å². The molecule has 10 heteroatoms. The number of methoxy groups -OCH3 is 1. The second-order valence-corrected chi connectivity index (χ2v) is 10.00. The van der Waals surface area contributed by atoms with E-state index in [-0.39, 0.29) is 18.4 Å². The van der Waals surface area contributed by atoms with E-state index < -0.39 is 41.5 Å². The van der Waals surface area contributed by atoms with Gasteiger partial charge in [0.2, 0.25) is 17.7 Å². The number of hydrogen-bond acceptors (Lipinski definition) is 7. The molecule has 5 rings (SSSR count). The quantitative estimate of drug-likeness (QED) is 0.461. The molecule has 202 valence electrons. The van der Waals surface area contributed by atoms with Gasteiger partial charge in [-0.15, -0.1) is 0 Å². The lowest BCUT2D eigenvalue weighted by molar-refractivity contribution is -0.142. The molecule has 2 aromatic rings. The van der Waals surface area contributed by atoms with E-state index in [1.54, 1.807) is 62.6 Å². The molecular weight excluding hydrogens is 490 g/mol. The van der Waals surface area contributed by atoms with Crippen LogP contribution in [0.1, 0.15) is 26.7 Å². The lowest BCUT2D eigenvalue weighted by atomic mass is 9.70. The minimum Gasteiger partial charge on any atom is -0.497 e. The zero-order valence-electron chi connectivity index (χ0n) is 21.7. The number of benzene rings is 2. The van der Waals surface area contributed by atoms with E-state index in [1.165, 1.54) is 4.90 Å². The van der Waals surface area contributed by atoms with E-state index in [0.717, 1.165) is 0 Å². The van der Waals surface area contributed by atoms with Gasteiger partial charge < -0.3 is 34.9 Å². The van der Waals surface area contributed by atoms with E-state index in [1.807, 2.05) is 6.92 Å². The summed E-state index contributed by atoms with van der Waals surface area (Å²) >= 11 is 0. The van der Waals surface area contributed by atoms with Crippen molar-refractivity contribution in [1.82, 2.24) is 4.90 Å². The smallest absolute Gasteiger partial charge is 0.250 e. The van der Waals surface area contributed by atoms with Gasteiger partial charge in [0.1, 0.15) is 23.1 Å². The topological polar surface area (TPSA) is 126 Å². The van der Waals surface area contributed by atoms with E-state index >= 15 is 0 Å². The zero-order chi connectivity index (χ0) is 27.0. The molecule has 6 atom stereocenters. The minimum absolute atomic E-state index is 0.326. The third kappa shape index (κ3) is 4.27. The predicted molar refractivity (Wildman–Crippen MR) is 139 cm³/mol. The van der Waals surface area contributed by atoms with Crippen LogP contribution in [0.2, 0.25) is 0 Å². The van der Waals surface area contributed by atoms with Crippen molar-refractivity contribution in [3.8, 4) is 11.5 Å². The van der Waals surface area contributed by atoms with Gasteiger partial charge >= 0.3 is 0 Å². The molecule has 1 spiro atoms.